The third kappa shape index (κ3) is 7.64. The Balaban J connectivity index is 2.09. The number of nitrogens with two attached hydrogens (primary N) is 1. The van der Waals surface area contributed by atoms with Gasteiger partial charge in [-0.1, -0.05) is 24.3 Å². The maximum Gasteiger partial charge on any atom is 0.573 e. The number of aliphatic hydroxyl groups excluding tert-OH is 1. The maximum absolute atomic E-state index is 12.6. The van der Waals surface area contributed by atoms with Crippen molar-refractivity contribution in [1.82, 2.24) is 5.32 Å². The van der Waals surface area contributed by atoms with Gasteiger partial charge < -0.3 is 26.0 Å². The largest absolute Gasteiger partial charge is 0.573 e. The molecular weight excluding hydrogens is 462 g/mol. The number of amides is 1. The van der Waals surface area contributed by atoms with E-state index in [1.807, 2.05) is 5.32 Å². The van der Waals surface area contributed by atoms with Gasteiger partial charge >= 0.3 is 18.5 Å². The lowest BCUT2D eigenvalue weighted by atomic mass is 9.99. The van der Waals surface area contributed by atoms with Crippen LogP contribution in [0.25, 0.3) is 0 Å². The molecule has 13 heteroatoms. The third-order valence-electron chi connectivity index (χ3n) is 4.39. The molecule has 0 bridgehead atoms. The van der Waals surface area contributed by atoms with Crippen molar-refractivity contribution >= 4 is 11.9 Å². The van der Waals surface area contributed by atoms with E-state index in [9.17, 15) is 46.1 Å². The lowest BCUT2D eigenvalue weighted by Crippen LogP contribution is -2.49. The summed E-state index contributed by atoms with van der Waals surface area (Å²) in [7, 11) is 0. The predicted octanol–water partition coefficient (Wildman–Crippen LogP) is 2.78. The minimum Gasteiger partial charge on any atom is -0.479 e. The Morgan fingerprint density at radius 3 is 2.15 bits per heavy atom. The highest BCUT2D eigenvalue weighted by atomic mass is 19.4. The van der Waals surface area contributed by atoms with E-state index in [1.54, 1.807) is 0 Å². The average Bonchev–Trinajstić information content (AvgIpc) is 2.69. The van der Waals surface area contributed by atoms with Crippen molar-refractivity contribution in [3.05, 3.63) is 65.2 Å². The first-order valence-electron chi connectivity index (χ1n) is 9.16. The lowest BCUT2D eigenvalue weighted by molar-refractivity contribution is -0.274. The van der Waals surface area contributed by atoms with Gasteiger partial charge in [0.2, 0.25) is 0 Å². The molecule has 0 aliphatic carbocycles. The molecule has 0 saturated heterocycles. The second-order valence-corrected chi connectivity index (χ2v) is 6.91. The van der Waals surface area contributed by atoms with Crippen LogP contribution < -0.4 is 15.8 Å². The summed E-state index contributed by atoms with van der Waals surface area (Å²) < 4.78 is 78.7. The number of carbonyl (C=O) groups excluding carboxylic acids is 1. The number of aliphatic hydroxyl groups is 1. The van der Waals surface area contributed by atoms with E-state index in [-0.39, 0.29) is 17.5 Å². The molecule has 0 aromatic heterocycles. The number of carboxylic acid groups (broad SMARTS) is 1. The van der Waals surface area contributed by atoms with Gasteiger partial charge in [0.1, 0.15) is 11.9 Å². The molecule has 1 amide bonds. The van der Waals surface area contributed by atoms with Gasteiger partial charge in [0.05, 0.1) is 5.56 Å². The molecule has 0 saturated carbocycles. The highest BCUT2D eigenvalue weighted by Gasteiger charge is 2.33. The van der Waals surface area contributed by atoms with E-state index in [0.717, 1.165) is 48.5 Å². The molecule has 0 aliphatic heterocycles. The zero-order valence-electron chi connectivity index (χ0n) is 16.5. The number of hydrogen-bond donors (Lipinski definition) is 4. The summed E-state index contributed by atoms with van der Waals surface area (Å²) in [5.74, 6) is -3.61. The van der Waals surface area contributed by atoms with Crippen LogP contribution in [0.1, 0.15) is 22.7 Å². The van der Waals surface area contributed by atoms with E-state index in [2.05, 4.69) is 4.74 Å². The molecule has 0 radical (unpaired) electrons. The molecular formula is C20H18F6N2O5. The molecule has 0 fully saturated rings. The number of ether oxygens (including phenoxy) is 1. The normalized spacial score (nSPS) is 14.8. The number of carbonyl (C=O) groups is 2. The quantitative estimate of drug-likeness (QED) is 0.431. The smallest absolute Gasteiger partial charge is 0.479 e. The Labute approximate surface area is 182 Å². The standard InChI is InChI=1S/C20H18F6N2O5/c21-19(22,23)12-6-4-10(5-7-12)8-14(27)16(29)17(30)28-15(18(31)32)11-2-1-3-13(9-11)33-20(24,25)26/h1-7,9,14-16,29H,8,27H2,(H,28,30)(H,31,32)/t14-,15+,16+/m1/s1. The Kier molecular flexibility index (Phi) is 7.93. The molecule has 3 atom stereocenters. The molecule has 2 aromatic rings. The summed E-state index contributed by atoms with van der Waals surface area (Å²) in [4.78, 5) is 23.8. The van der Waals surface area contributed by atoms with Gasteiger partial charge in [-0.15, -0.1) is 13.2 Å². The Bertz CT molecular complexity index is 978. The number of alkyl halides is 6. The number of nitrogens with one attached hydrogen (secondary N) is 1. The summed E-state index contributed by atoms with van der Waals surface area (Å²) in [5, 5.41) is 21.5. The van der Waals surface area contributed by atoms with Crippen LogP contribution in [0, 0.1) is 0 Å². The van der Waals surface area contributed by atoms with Gasteiger partial charge in [0.25, 0.3) is 5.91 Å². The van der Waals surface area contributed by atoms with Crippen LogP contribution in [0.5, 0.6) is 5.75 Å². The van der Waals surface area contributed by atoms with Gasteiger partial charge in [0.15, 0.2) is 6.04 Å². The molecule has 7 nitrogen and oxygen atoms in total. The first-order valence-corrected chi connectivity index (χ1v) is 9.16. The number of benzene rings is 2. The summed E-state index contributed by atoms with van der Waals surface area (Å²) >= 11 is 0. The number of rotatable bonds is 8. The van der Waals surface area contributed by atoms with Crippen LogP contribution in [-0.4, -0.2) is 40.6 Å². The zero-order chi connectivity index (χ0) is 25.0. The molecule has 0 unspecified atom stereocenters. The van der Waals surface area contributed by atoms with Crippen LogP contribution in [0.4, 0.5) is 26.3 Å². The zero-order valence-corrected chi connectivity index (χ0v) is 16.5. The van der Waals surface area contributed by atoms with Crippen molar-refractivity contribution in [2.75, 3.05) is 0 Å². The summed E-state index contributed by atoms with van der Waals surface area (Å²) in [6.45, 7) is 0. The summed E-state index contributed by atoms with van der Waals surface area (Å²) in [6, 6.07) is 4.52. The Morgan fingerprint density at radius 2 is 1.64 bits per heavy atom. The molecule has 0 spiro atoms. The monoisotopic (exact) mass is 480 g/mol. The highest BCUT2D eigenvalue weighted by Crippen LogP contribution is 2.29. The molecule has 2 rings (SSSR count). The van der Waals surface area contributed by atoms with Crippen LogP contribution in [0.2, 0.25) is 0 Å². The molecule has 33 heavy (non-hydrogen) atoms. The van der Waals surface area contributed by atoms with Crippen LogP contribution in [0.15, 0.2) is 48.5 Å². The topological polar surface area (TPSA) is 122 Å². The van der Waals surface area contributed by atoms with Crippen LogP contribution in [-0.2, 0) is 22.2 Å². The average molecular weight is 480 g/mol. The van der Waals surface area contributed by atoms with Crippen LogP contribution in [0.3, 0.4) is 0 Å². The molecule has 0 heterocycles. The van der Waals surface area contributed by atoms with Crippen molar-refractivity contribution in [3.63, 3.8) is 0 Å². The van der Waals surface area contributed by atoms with E-state index >= 15 is 0 Å². The fourth-order valence-corrected chi connectivity index (χ4v) is 2.81. The molecule has 2 aromatic carbocycles. The fourth-order valence-electron chi connectivity index (χ4n) is 2.81. The predicted molar refractivity (Wildman–Crippen MR) is 101 cm³/mol. The maximum atomic E-state index is 12.6. The lowest BCUT2D eigenvalue weighted by Gasteiger charge is -2.22. The van der Waals surface area contributed by atoms with E-state index < -0.39 is 53.9 Å². The van der Waals surface area contributed by atoms with E-state index in [0.29, 0.717) is 0 Å². The van der Waals surface area contributed by atoms with Gasteiger partial charge in [-0.05, 0) is 41.8 Å². The van der Waals surface area contributed by atoms with Crippen LogP contribution >= 0.6 is 0 Å². The second-order valence-electron chi connectivity index (χ2n) is 6.91. The summed E-state index contributed by atoms with van der Waals surface area (Å²) in [5.41, 5.74) is 4.82. The minimum atomic E-state index is -5.03. The summed E-state index contributed by atoms with van der Waals surface area (Å²) in [6.07, 6.45) is -11.8. The van der Waals surface area contributed by atoms with E-state index in [4.69, 9.17) is 5.73 Å². The Morgan fingerprint density at radius 1 is 1.03 bits per heavy atom. The van der Waals surface area contributed by atoms with Gasteiger partial charge in [-0.2, -0.15) is 13.2 Å². The SMILES string of the molecule is N[C@H](Cc1ccc(C(F)(F)F)cc1)[C@H](O)C(=O)N[C@H](C(=O)O)c1cccc(OC(F)(F)F)c1. The minimum absolute atomic E-state index is 0.223. The Hall–Kier alpha value is -3.32. The number of carboxylic acids is 1. The third-order valence-corrected chi connectivity index (χ3v) is 4.39. The highest BCUT2D eigenvalue weighted by molar-refractivity contribution is 5.87. The van der Waals surface area contributed by atoms with Gasteiger partial charge in [-0.3, -0.25) is 4.79 Å². The molecule has 180 valence electrons. The van der Waals surface area contributed by atoms with Gasteiger partial charge in [-0.25, -0.2) is 4.79 Å². The van der Waals surface area contributed by atoms with Crippen molar-refractivity contribution in [3.8, 4) is 5.75 Å². The van der Waals surface area contributed by atoms with Gasteiger partial charge in [0, 0.05) is 6.04 Å². The van der Waals surface area contributed by atoms with Crippen molar-refractivity contribution in [1.29, 1.82) is 0 Å². The molecule has 5 N–H and O–H groups in total. The van der Waals surface area contributed by atoms with E-state index in [1.165, 1.54) is 0 Å². The first-order chi connectivity index (χ1) is 15.2. The first kappa shape index (κ1) is 25.9. The van der Waals surface area contributed by atoms with Crippen molar-refractivity contribution in [2.45, 2.75) is 37.1 Å². The number of hydrogen-bond acceptors (Lipinski definition) is 5. The second kappa shape index (κ2) is 10.1. The van der Waals surface area contributed by atoms with Crippen molar-refractivity contribution < 1.29 is 50.9 Å². The number of aliphatic carboxylic acids is 1. The molecule has 0 aliphatic rings. The van der Waals surface area contributed by atoms with Crippen molar-refractivity contribution in [2.24, 2.45) is 5.73 Å². The fraction of sp³-hybridized carbons (Fsp3) is 0.300. The number of halogens is 6.